The van der Waals surface area contributed by atoms with Gasteiger partial charge in [-0.3, -0.25) is 23.9 Å². The summed E-state index contributed by atoms with van der Waals surface area (Å²) in [6.07, 6.45) is 4.70. The van der Waals surface area contributed by atoms with Gasteiger partial charge in [-0.2, -0.15) is 0 Å². The molecule has 0 saturated carbocycles. The summed E-state index contributed by atoms with van der Waals surface area (Å²) >= 11 is 3.47. The van der Waals surface area contributed by atoms with Gasteiger partial charge in [-0.15, -0.1) is 0 Å². The molecule has 1 aliphatic carbocycles. The maximum atomic E-state index is 14.3. The number of aromatic nitrogens is 3. The van der Waals surface area contributed by atoms with E-state index in [0.717, 1.165) is 12.8 Å². The number of H-pyrrole nitrogens is 1. The van der Waals surface area contributed by atoms with Crippen molar-refractivity contribution in [2.45, 2.75) is 40.3 Å². The highest BCUT2D eigenvalue weighted by molar-refractivity contribution is 14.2. The number of nitrogens with one attached hydrogen (secondary N) is 2. The van der Waals surface area contributed by atoms with Crippen molar-refractivity contribution in [3.63, 3.8) is 0 Å². The van der Waals surface area contributed by atoms with Gasteiger partial charge in [-0.05, 0) is 83.0 Å². The number of carbonyl (C=O) groups excluding carboxylic acids is 2. The lowest BCUT2D eigenvalue weighted by Gasteiger charge is -2.35. The predicted octanol–water partition coefficient (Wildman–Crippen LogP) is 1.62. The van der Waals surface area contributed by atoms with Crippen molar-refractivity contribution in [2.24, 2.45) is 0 Å². The number of piperazine rings is 1. The number of hydrogen-bond donors (Lipinski definition) is 2. The van der Waals surface area contributed by atoms with Crippen LogP contribution in [0.25, 0.3) is 0 Å². The van der Waals surface area contributed by atoms with Gasteiger partial charge in [-0.1, -0.05) is 0 Å². The summed E-state index contributed by atoms with van der Waals surface area (Å²) in [5.74, 6) is 0.145. The fraction of sp³-hybridized carbons (Fsp3) is 0.522. The Bertz CT molecular complexity index is 1250. The fourth-order valence-electron chi connectivity index (χ4n) is 4.57. The minimum Gasteiger partial charge on any atom is -0.353 e. The van der Waals surface area contributed by atoms with Crippen LogP contribution in [0, 0.1) is 0 Å². The number of anilines is 1. The van der Waals surface area contributed by atoms with Gasteiger partial charge in [0.15, 0.2) is 0 Å². The number of rotatable bonds is 7. The molecule has 13 heteroatoms. The molecule has 1 fully saturated rings. The molecule has 4 rings (SSSR count). The lowest BCUT2D eigenvalue weighted by Crippen LogP contribution is -2.51. The first-order chi connectivity index (χ1) is 17.1. The second kappa shape index (κ2) is 11.6. The predicted molar refractivity (Wildman–Crippen MR) is 149 cm³/mol. The average Bonchev–Trinajstić information content (AvgIpc) is 2.87. The quantitative estimate of drug-likeness (QED) is 0.331. The topological polar surface area (TPSA) is 120 Å². The average molecular weight is 724 g/mol. The molecular formula is C23H27FI2N6O4. The van der Waals surface area contributed by atoms with E-state index in [1.165, 1.54) is 4.57 Å². The summed E-state index contributed by atoms with van der Waals surface area (Å²) in [5, 5.41) is 2.64. The third-order valence-corrected chi connectivity index (χ3v) is 7.78. The first-order valence-electron chi connectivity index (χ1n) is 11.8. The van der Waals surface area contributed by atoms with Crippen molar-refractivity contribution in [1.29, 1.82) is 0 Å². The molecule has 1 saturated heterocycles. The molecular weight excluding hydrogens is 697 g/mol. The number of alkyl halides is 3. The van der Waals surface area contributed by atoms with Crippen molar-refractivity contribution >= 4 is 62.8 Å². The summed E-state index contributed by atoms with van der Waals surface area (Å²) < 4.78 is 14.2. The van der Waals surface area contributed by atoms with E-state index < -0.39 is 7.37 Å². The summed E-state index contributed by atoms with van der Waals surface area (Å²) in [5.41, 5.74) is 1.03. The summed E-state index contributed by atoms with van der Waals surface area (Å²) in [6, 6.07) is 3.37. The second-order valence-corrected chi connectivity index (χ2v) is 13.9. The normalized spacial score (nSPS) is 16.0. The van der Waals surface area contributed by atoms with E-state index in [1.54, 1.807) is 68.4 Å². The first kappa shape index (κ1) is 27.0. The zero-order chi connectivity index (χ0) is 25.9. The summed E-state index contributed by atoms with van der Waals surface area (Å²) in [4.78, 5) is 59.7. The Labute approximate surface area is 234 Å². The number of amides is 2. The Morgan fingerprint density at radius 3 is 2.58 bits per heavy atom. The van der Waals surface area contributed by atoms with Gasteiger partial charge >= 0.3 is 5.69 Å². The van der Waals surface area contributed by atoms with E-state index in [9.17, 15) is 23.6 Å². The van der Waals surface area contributed by atoms with Crippen LogP contribution in [-0.2, 0) is 30.7 Å². The van der Waals surface area contributed by atoms with Gasteiger partial charge in [0.05, 0.1) is 6.54 Å². The SMILES string of the molecule is O=C(CCn1c2c(c(=O)[nH]c1=O)CCCC2)NCC(=O)N1CCN(c2cc(C(F)(I)I)ccn2)CC1. The van der Waals surface area contributed by atoms with Crippen LogP contribution >= 0.6 is 45.2 Å². The van der Waals surface area contributed by atoms with Crippen LogP contribution in [0.3, 0.4) is 0 Å². The number of fused-ring (bicyclic) bond motifs is 1. The number of carbonyl (C=O) groups is 2. The molecule has 0 spiro atoms. The van der Waals surface area contributed by atoms with Crippen LogP contribution in [0.5, 0.6) is 0 Å². The van der Waals surface area contributed by atoms with Crippen LogP contribution in [0.15, 0.2) is 27.9 Å². The molecule has 0 atom stereocenters. The van der Waals surface area contributed by atoms with Crippen molar-refractivity contribution in [2.75, 3.05) is 37.6 Å². The minimum atomic E-state index is -1.52. The highest BCUT2D eigenvalue weighted by Crippen LogP contribution is 2.41. The number of hydrogen-bond acceptors (Lipinski definition) is 6. The standard InChI is InChI=1S/C23H27FI2N6O4/c24-23(25,26)15-5-7-27-18(13-15)30-9-11-31(12-10-30)20(34)14-28-19(33)6-8-32-17-4-2-1-3-16(17)21(35)29-22(32)36/h5,7,13H,1-4,6,8-12,14H2,(H,28,33)(H,29,35,36). The number of nitrogens with zero attached hydrogens (tertiary/aromatic N) is 4. The van der Waals surface area contributed by atoms with Crippen LogP contribution in [0.2, 0.25) is 0 Å². The Morgan fingerprint density at radius 2 is 1.86 bits per heavy atom. The number of pyridine rings is 1. The zero-order valence-corrected chi connectivity index (χ0v) is 23.9. The van der Waals surface area contributed by atoms with E-state index in [0.29, 0.717) is 61.7 Å². The summed E-state index contributed by atoms with van der Waals surface area (Å²) in [6.45, 7) is 2.07. The lowest BCUT2D eigenvalue weighted by atomic mass is 9.97. The van der Waals surface area contributed by atoms with Gasteiger partial charge in [0.2, 0.25) is 13.5 Å². The van der Waals surface area contributed by atoms with Gasteiger partial charge in [-0.25, -0.2) is 14.2 Å². The van der Waals surface area contributed by atoms with Gasteiger partial charge in [0.1, 0.15) is 5.82 Å². The van der Waals surface area contributed by atoms with Crippen LogP contribution < -0.4 is 21.5 Å². The molecule has 36 heavy (non-hydrogen) atoms. The third-order valence-electron chi connectivity index (χ3n) is 6.53. The van der Waals surface area contributed by atoms with E-state index in [2.05, 4.69) is 15.3 Å². The monoisotopic (exact) mass is 724 g/mol. The molecule has 194 valence electrons. The fourth-order valence-corrected chi connectivity index (χ4v) is 5.24. The maximum Gasteiger partial charge on any atom is 0.328 e. The molecule has 3 heterocycles. The molecule has 0 bridgehead atoms. The molecule has 2 N–H and O–H groups in total. The number of aromatic amines is 1. The molecule has 1 aliphatic heterocycles. The third kappa shape index (κ3) is 6.44. The van der Waals surface area contributed by atoms with E-state index in [-0.39, 0.29) is 36.9 Å². The molecule has 0 aromatic carbocycles. The summed E-state index contributed by atoms with van der Waals surface area (Å²) in [7, 11) is 0. The molecule has 0 unspecified atom stereocenters. The first-order valence-corrected chi connectivity index (χ1v) is 14.0. The largest absolute Gasteiger partial charge is 0.353 e. The van der Waals surface area contributed by atoms with Gasteiger partial charge in [0.25, 0.3) is 5.56 Å². The Hall–Kier alpha value is -2.04. The molecule has 0 radical (unpaired) electrons. The van der Waals surface area contributed by atoms with Crippen LogP contribution in [-0.4, -0.2) is 64.0 Å². The Balaban J connectivity index is 1.25. The maximum absolute atomic E-state index is 14.3. The molecule has 2 amide bonds. The van der Waals surface area contributed by atoms with Crippen molar-refractivity contribution in [3.8, 4) is 0 Å². The smallest absolute Gasteiger partial charge is 0.328 e. The Kier molecular flexibility index (Phi) is 8.67. The van der Waals surface area contributed by atoms with Crippen molar-refractivity contribution in [1.82, 2.24) is 24.8 Å². The van der Waals surface area contributed by atoms with E-state index in [1.807, 2.05) is 4.90 Å². The van der Waals surface area contributed by atoms with Crippen molar-refractivity contribution in [3.05, 3.63) is 56.0 Å². The lowest BCUT2D eigenvalue weighted by molar-refractivity contribution is -0.133. The highest BCUT2D eigenvalue weighted by atomic mass is 127. The zero-order valence-electron chi connectivity index (χ0n) is 19.6. The van der Waals surface area contributed by atoms with Crippen molar-refractivity contribution < 1.29 is 14.0 Å². The molecule has 10 nitrogen and oxygen atoms in total. The van der Waals surface area contributed by atoms with E-state index >= 15 is 0 Å². The molecule has 2 aliphatic rings. The van der Waals surface area contributed by atoms with Crippen LogP contribution in [0.4, 0.5) is 10.2 Å². The van der Waals surface area contributed by atoms with Gasteiger partial charge < -0.3 is 15.1 Å². The molecule has 2 aromatic rings. The second-order valence-electron chi connectivity index (χ2n) is 8.84. The molecule has 2 aromatic heterocycles. The minimum absolute atomic E-state index is 0.0329. The van der Waals surface area contributed by atoms with Gasteiger partial charge in [0, 0.05) is 62.2 Å². The number of halogens is 3. The highest BCUT2D eigenvalue weighted by Gasteiger charge is 2.27. The van der Waals surface area contributed by atoms with E-state index in [4.69, 9.17) is 0 Å². The Morgan fingerprint density at radius 1 is 1.14 bits per heavy atom. The van der Waals surface area contributed by atoms with Crippen LogP contribution in [0.1, 0.15) is 36.1 Å².